The van der Waals surface area contributed by atoms with Gasteiger partial charge in [0.2, 0.25) is 0 Å². The number of hydrogen-bond acceptors (Lipinski definition) is 8. The SMILES string of the molecule is CCOC(=O)C1=C(COC(=O)C=Cc2cn(-c3ccccc3)nc2-c2cc3ccccc3o2)NC(=O)NC1c1ccco1. The molecule has 4 heterocycles. The molecular weight excluding hydrogens is 552 g/mol. The van der Waals surface area contributed by atoms with Crippen LogP contribution < -0.4 is 10.6 Å². The first-order chi connectivity index (χ1) is 21.0. The van der Waals surface area contributed by atoms with Gasteiger partial charge in [-0.25, -0.2) is 19.1 Å². The standard InChI is InChI=1S/C32H26N4O7/c1-2-40-31(38)28-23(33-32(39)34-30(28)25-13-8-16-41-25)19-42-27(37)15-14-21-18-36(22-10-4-3-5-11-22)35-29(21)26-17-20-9-6-7-12-24(20)43-26/h3-18,30H,2,19H2,1H3,(H2,33,34,39). The topological polar surface area (TPSA) is 138 Å². The molecule has 2 amide bonds. The van der Waals surface area contributed by atoms with E-state index in [1.54, 1.807) is 36.0 Å². The second kappa shape index (κ2) is 12.0. The Morgan fingerprint density at radius 1 is 1.05 bits per heavy atom. The average Bonchev–Trinajstić information content (AvgIpc) is 3.79. The fourth-order valence-corrected chi connectivity index (χ4v) is 4.71. The van der Waals surface area contributed by atoms with E-state index in [-0.39, 0.29) is 24.5 Å². The summed E-state index contributed by atoms with van der Waals surface area (Å²) in [5.74, 6) is -0.521. The summed E-state index contributed by atoms with van der Waals surface area (Å²) in [6.45, 7) is 1.39. The first-order valence-corrected chi connectivity index (χ1v) is 13.5. The number of rotatable bonds is 9. The number of urea groups is 1. The first kappa shape index (κ1) is 27.3. The smallest absolute Gasteiger partial charge is 0.338 e. The monoisotopic (exact) mass is 578 g/mol. The zero-order valence-corrected chi connectivity index (χ0v) is 23.0. The molecule has 1 aliphatic rings. The van der Waals surface area contributed by atoms with E-state index in [0.717, 1.165) is 11.1 Å². The van der Waals surface area contributed by atoms with E-state index in [2.05, 4.69) is 10.6 Å². The van der Waals surface area contributed by atoms with E-state index >= 15 is 0 Å². The molecule has 5 aromatic rings. The van der Waals surface area contributed by atoms with Crippen molar-refractivity contribution in [3.63, 3.8) is 0 Å². The van der Waals surface area contributed by atoms with Gasteiger partial charge in [-0.05, 0) is 49.4 Å². The number of esters is 2. The van der Waals surface area contributed by atoms with E-state index in [4.69, 9.17) is 23.4 Å². The lowest BCUT2D eigenvalue weighted by atomic mass is 10.0. The van der Waals surface area contributed by atoms with Crippen molar-refractivity contribution in [2.24, 2.45) is 0 Å². The lowest BCUT2D eigenvalue weighted by Crippen LogP contribution is -2.47. The summed E-state index contributed by atoms with van der Waals surface area (Å²) in [6, 6.07) is 20.8. The lowest BCUT2D eigenvalue weighted by Gasteiger charge is -2.27. The number of benzene rings is 2. The van der Waals surface area contributed by atoms with Gasteiger partial charge in [0.1, 0.15) is 29.7 Å². The molecule has 1 aliphatic heterocycles. The molecule has 0 radical (unpaired) electrons. The van der Waals surface area contributed by atoms with Crippen molar-refractivity contribution in [2.45, 2.75) is 13.0 Å². The number of carbonyl (C=O) groups is 3. The minimum Gasteiger partial charge on any atom is -0.467 e. The van der Waals surface area contributed by atoms with Gasteiger partial charge in [-0.1, -0.05) is 36.4 Å². The number of carbonyl (C=O) groups excluding carboxylic acids is 3. The second-order valence-corrected chi connectivity index (χ2v) is 9.46. The fraction of sp³-hybridized carbons (Fsp3) is 0.125. The molecule has 0 fully saturated rings. The van der Waals surface area contributed by atoms with Crippen LogP contribution in [0.5, 0.6) is 0 Å². The van der Waals surface area contributed by atoms with Crippen molar-refractivity contribution in [2.75, 3.05) is 13.2 Å². The van der Waals surface area contributed by atoms with E-state index < -0.39 is 24.0 Å². The van der Waals surface area contributed by atoms with Crippen molar-refractivity contribution in [1.82, 2.24) is 20.4 Å². The molecule has 6 rings (SSSR count). The molecule has 0 bridgehead atoms. The molecular formula is C32H26N4O7. The zero-order valence-electron chi connectivity index (χ0n) is 23.0. The van der Waals surface area contributed by atoms with Crippen LogP contribution >= 0.6 is 0 Å². The summed E-state index contributed by atoms with van der Waals surface area (Å²) in [7, 11) is 0. The Hall–Kier alpha value is -5.84. The Kier molecular flexibility index (Phi) is 7.60. The van der Waals surface area contributed by atoms with Crippen LogP contribution in [0.3, 0.4) is 0 Å². The number of fused-ring (bicyclic) bond motifs is 1. The van der Waals surface area contributed by atoms with Gasteiger partial charge in [0.05, 0.1) is 29.8 Å². The third-order valence-electron chi connectivity index (χ3n) is 6.66. The third-order valence-corrected chi connectivity index (χ3v) is 6.66. The highest BCUT2D eigenvalue weighted by molar-refractivity contribution is 5.95. The molecule has 2 N–H and O–H groups in total. The minimum absolute atomic E-state index is 0.0736. The molecule has 3 aromatic heterocycles. The van der Waals surface area contributed by atoms with Crippen molar-refractivity contribution in [3.8, 4) is 17.1 Å². The number of para-hydroxylation sites is 2. The van der Waals surface area contributed by atoms with E-state index in [1.165, 1.54) is 12.3 Å². The van der Waals surface area contributed by atoms with Crippen molar-refractivity contribution >= 4 is 35.0 Å². The molecule has 0 spiro atoms. The van der Waals surface area contributed by atoms with Crippen LogP contribution in [0, 0.1) is 0 Å². The predicted molar refractivity (Wildman–Crippen MR) is 156 cm³/mol. The van der Waals surface area contributed by atoms with Gasteiger partial charge < -0.3 is 28.9 Å². The van der Waals surface area contributed by atoms with Gasteiger partial charge in [-0.2, -0.15) is 5.10 Å². The van der Waals surface area contributed by atoms with Crippen LogP contribution in [0.15, 0.2) is 111 Å². The Bertz CT molecular complexity index is 1820. The molecule has 43 heavy (non-hydrogen) atoms. The molecule has 2 aromatic carbocycles. The number of aromatic nitrogens is 2. The molecule has 1 unspecified atom stereocenters. The molecule has 0 aliphatic carbocycles. The summed E-state index contributed by atoms with van der Waals surface area (Å²) in [6.07, 6.45) is 6.03. The van der Waals surface area contributed by atoms with Crippen LogP contribution in [-0.4, -0.2) is 41.0 Å². The van der Waals surface area contributed by atoms with Gasteiger partial charge in [-0.15, -0.1) is 0 Å². The highest BCUT2D eigenvalue weighted by Crippen LogP contribution is 2.31. The van der Waals surface area contributed by atoms with Crippen LogP contribution in [0.2, 0.25) is 0 Å². The van der Waals surface area contributed by atoms with Crippen LogP contribution in [-0.2, 0) is 19.1 Å². The van der Waals surface area contributed by atoms with Gasteiger partial charge in [0, 0.05) is 23.2 Å². The van der Waals surface area contributed by atoms with E-state index in [9.17, 15) is 14.4 Å². The minimum atomic E-state index is -0.915. The zero-order chi connectivity index (χ0) is 29.8. The van der Waals surface area contributed by atoms with Crippen molar-refractivity contribution < 1.29 is 32.7 Å². The molecule has 11 heteroatoms. The quantitative estimate of drug-likeness (QED) is 0.177. The molecule has 0 saturated carbocycles. The highest BCUT2D eigenvalue weighted by atomic mass is 16.5. The Morgan fingerprint density at radius 3 is 2.63 bits per heavy atom. The Labute approximate surface area is 245 Å². The average molecular weight is 579 g/mol. The molecule has 0 saturated heterocycles. The number of hydrogen-bond donors (Lipinski definition) is 2. The highest BCUT2D eigenvalue weighted by Gasteiger charge is 2.35. The summed E-state index contributed by atoms with van der Waals surface area (Å²) >= 11 is 0. The number of nitrogens with zero attached hydrogens (tertiary/aromatic N) is 2. The Morgan fingerprint density at radius 2 is 1.86 bits per heavy atom. The van der Waals surface area contributed by atoms with Crippen LogP contribution in [0.4, 0.5) is 4.79 Å². The number of furan rings is 2. The predicted octanol–water partition coefficient (Wildman–Crippen LogP) is 5.31. The number of amides is 2. The maximum absolute atomic E-state index is 12.9. The normalized spacial score (nSPS) is 15.0. The van der Waals surface area contributed by atoms with E-state index in [0.29, 0.717) is 28.4 Å². The van der Waals surface area contributed by atoms with Gasteiger partial charge in [0.25, 0.3) is 0 Å². The number of ether oxygens (including phenoxy) is 2. The van der Waals surface area contributed by atoms with Crippen molar-refractivity contribution in [3.05, 3.63) is 114 Å². The summed E-state index contributed by atoms with van der Waals surface area (Å²) < 4.78 is 23.8. The van der Waals surface area contributed by atoms with Crippen molar-refractivity contribution in [1.29, 1.82) is 0 Å². The van der Waals surface area contributed by atoms with Crippen LogP contribution in [0.25, 0.3) is 34.2 Å². The van der Waals surface area contributed by atoms with Gasteiger partial charge in [-0.3, -0.25) is 0 Å². The maximum atomic E-state index is 12.9. The lowest BCUT2D eigenvalue weighted by molar-refractivity contribution is -0.140. The summed E-state index contributed by atoms with van der Waals surface area (Å²) in [5, 5.41) is 10.8. The number of nitrogens with one attached hydrogen (secondary N) is 2. The maximum Gasteiger partial charge on any atom is 0.338 e. The third kappa shape index (κ3) is 5.82. The Balaban J connectivity index is 1.27. The van der Waals surface area contributed by atoms with E-state index in [1.807, 2.05) is 60.7 Å². The van der Waals surface area contributed by atoms with Gasteiger partial charge in [0.15, 0.2) is 5.76 Å². The molecule has 11 nitrogen and oxygen atoms in total. The summed E-state index contributed by atoms with van der Waals surface area (Å²) in [5.41, 5.74) is 2.84. The fourth-order valence-electron chi connectivity index (χ4n) is 4.71. The second-order valence-electron chi connectivity index (χ2n) is 9.46. The molecule has 1 atom stereocenters. The van der Waals surface area contributed by atoms with Crippen LogP contribution in [0.1, 0.15) is 24.3 Å². The van der Waals surface area contributed by atoms with Gasteiger partial charge >= 0.3 is 18.0 Å². The molecule has 216 valence electrons. The largest absolute Gasteiger partial charge is 0.467 e. The summed E-state index contributed by atoms with van der Waals surface area (Å²) in [4.78, 5) is 38.1. The first-order valence-electron chi connectivity index (χ1n) is 13.5.